The Hall–Kier alpha value is -3.59. The van der Waals surface area contributed by atoms with Crippen molar-refractivity contribution >= 4 is 29.1 Å². The van der Waals surface area contributed by atoms with Crippen molar-refractivity contribution < 1.29 is 19.0 Å². The topological polar surface area (TPSA) is 101 Å². The number of aromatic amines is 1. The predicted molar refractivity (Wildman–Crippen MR) is 113 cm³/mol. The number of hydrazone groups is 1. The molecule has 2 aromatic carbocycles. The lowest BCUT2D eigenvalue weighted by Crippen LogP contribution is -2.43. The van der Waals surface area contributed by atoms with Crippen LogP contribution in [-0.4, -0.2) is 67.0 Å². The van der Waals surface area contributed by atoms with Gasteiger partial charge in [-0.3, -0.25) is 4.79 Å². The highest BCUT2D eigenvalue weighted by molar-refractivity contribution is 5.82. The van der Waals surface area contributed by atoms with Gasteiger partial charge in [-0.15, -0.1) is 0 Å². The van der Waals surface area contributed by atoms with Crippen LogP contribution in [0.25, 0.3) is 11.0 Å². The van der Waals surface area contributed by atoms with Crippen molar-refractivity contribution in [2.24, 2.45) is 5.10 Å². The molecule has 0 saturated carbocycles. The summed E-state index contributed by atoms with van der Waals surface area (Å²) in [4.78, 5) is 21.5. The van der Waals surface area contributed by atoms with Gasteiger partial charge in [-0.2, -0.15) is 5.10 Å². The van der Waals surface area contributed by atoms with E-state index in [-0.39, 0.29) is 12.5 Å². The van der Waals surface area contributed by atoms with Crippen LogP contribution in [0.4, 0.5) is 5.95 Å². The molecule has 9 heteroatoms. The minimum atomic E-state index is -0.0685. The monoisotopic (exact) mass is 409 g/mol. The SMILES string of the molecule is COc1cc(/C=N/Nc2nc3ccccc3[nH]2)ccc1OCC(=O)N1CCOCC1. The molecule has 1 aliphatic rings. The first-order valence-corrected chi connectivity index (χ1v) is 9.63. The summed E-state index contributed by atoms with van der Waals surface area (Å²) in [6.07, 6.45) is 1.65. The van der Waals surface area contributed by atoms with Gasteiger partial charge >= 0.3 is 0 Å². The quantitative estimate of drug-likeness (QED) is 0.459. The van der Waals surface area contributed by atoms with E-state index in [1.807, 2.05) is 30.3 Å². The molecule has 156 valence electrons. The number of benzene rings is 2. The van der Waals surface area contributed by atoms with Gasteiger partial charge in [0, 0.05) is 13.1 Å². The molecule has 1 saturated heterocycles. The first-order chi connectivity index (χ1) is 14.7. The fourth-order valence-corrected chi connectivity index (χ4v) is 3.10. The molecule has 2 N–H and O–H groups in total. The predicted octanol–water partition coefficient (Wildman–Crippen LogP) is 2.26. The molecule has 0 radical (unpaired) electrons. The number of fused-ring (bicyclic) bond motifs is 1. The second-order valence-electron chi connectivity index (χ2n) is 6.66. The lowest BCUT2D eigenvalue weighted by atomic mass is 10.2. The van der Waals surface area contributed by atoms with Crippen molar-refractivity contribution in [2.75, 3.05) is 45.4 Å². The van der Waals surface area contributed by atoms with E-state index in [0.29, 0.717) is 43.8 Å². The highest BCUT2D eigenvalue weighted by Gasteiger charge is 2.18. The highest BCUT2D eigenvalue weighted by Crippen LogP contribution is 2.27. The molecule has 1 amide bonds. The van der Waals surface area contributed by atoms with E-state index in [1.165, 1.54) is 0 Å². The van der Waals surface area contributed by atoms with Gasteiger partial charge in [0.15, 0.2) is 18.1 Å². The molecule has 3 aromatic rings. The van der Waals surface area contributed by atoms with Crippen molar-refractivity contribution in [3.05, 3.63) is 48.0 Å². The van der Waals surface area contributed by atoms with Crippen LogP contribution >= 0.6 is 0 Å². The van der Waals surface area contributed by atoms with Crippen molar-refractivity contribution in [1.29, 1.82) is 0 Å². The molecule has 30 heavy (non-hydrogen) atoms. The Bertz CT molecular complexity index is 1010. The molecule has 0 aliphatic carbocycles. The fourth-order valence-electron chi connectivity index (χ4n) is 3.10. The zero-order chi connectivity index (χ0) is 20.8. The van der Waals surface area contributed by atoms with Gasteiger partial charge < -0.3 is 24.1 Å². The van der Waals surface area contributed by atoms with E-state index in [0.717, 1.165) is 16.6 Å². The van der Waals surface area contributed by atoms with Crippen LogP contribution in [0.3, 0.4) is 0 Å². The summed E-state index contributed by atoms with van der Waals surface area (Å²) >= 11 is 0. The summed E-state index contributed by atoms with van der Waals surface area (Å²) < 4.78 is 16.3. The lowest BCUT2D eigenvalue weighted by molar-refractivity contribution is -0.137. The van der Waals surface area contributed by atoms with Crippen LogP contribution in [0, 0.1) is 0 Å². The molecular weight excluding hydrogens is 386 g/mol. The van der Waals surface area contributed by atoms with Crippen molar-refractivity contribution in [2.45, 2.75) is 0 Å². The Morgan fingerprint density at radius 3 is 2.90 bits per heavy atom. The third-order valence-corrected chi connectivity index (χ3v) is 4.68. The number of hydrogen-bond donors (Lipinski definition) is 2. The molecule has 0 bridgehead atoms. The fraction of sp³-hybridized carbons (Fsp3) is 0.286. The summed E-state index contributed by atoms with van der Waals surface area (Å²) in [5, 5.41) is 4.21. The number of ether oxygens (including phenoxy) is 3. The van der Waals surface area contributed by atoms with E-state index in [1.54, 1.807) is 30.4 Å². The number of nitrogens with zero attached hydrogens (tertiary/aromatic N) is 3. The van der Waals surface area contributed by atoms with Crippen LogP contribution in [0.15, 0.2) is 47.6 Å². The van der Waals surface area contributed by atoms with Gasteiger partial charge in [0.2, 0.25) is 5.95 Å². The maximum atomic E-state index is 12.2. The lowest BCUT2D eigenvalue weighted by Gasteiger charge is -2.26. The molecule has 0 atom stereocenters. The second kappa shape index (κ2) is 9.27. The minimum Gasteiger partial charge on any atom is -0.493 e. The highest BCUT2D eigenvalue weighted by atomic mass is 16.5. The normalized spacial score (nSPS) is 14.2. The molecule has 1 fully saturated rings. The van der Waals surface area contributed by atoms with Gasteiger partial charge in [-0.25, -0.2) is 10.4 Å². The average molecular weight is 409 g/mol. The van der Waals surface area contributed by atoms with Crippen molar-refractivity contribution in [3.8, 4) is 11.5 Å². The van der Waals surface area contributed by atoms with E-state index in [9.17, 15) is 4.79 Å². The summed E-state index contributed by atoms with van der Waals surface area (Å²) in [7, 11) is 1.56. The number of amides is 1. The maximum absolute atomic E-state index is 12.2. The Morgan fingerprint density at radius 1 is 1.27 bits per heavy atom. The number of nitrogens with one attached hydrogen (secondary N) is 2. The number of carbonyl (C=O) groups excluding carboxylic acids is 1. The van der Waals surface area contributed by atoms with Crippen LogP contribution in [-0.2, 0) is 9.53 Å². The number of anilines is 1. The van der Waals surface area contributed by atoms with Crippen LogP contribution in [0.5, 0.6) is 11.5 Å². The Kier molecular flexibility index (Phi) is 6.09. The molecule has 0 unspecified atom stereocenters. The first-order valence-electron chi connectivity index (χ1n) is 9.63. The molecule has 1 aliphatic heterocycles. The van der Waals surface area contributed by atoms with Crippen LogP contribution < -0.4 is 14.9 Å². The third-order valence-electron chi connectivity index (χ3n) is 4.68. The number of methoxy groups -OCH3 is 1. The number of hydrogen-bond acceptors (Lipinski definition) is 7. The number of H-pyrrole nitrogens is 1. The number of aromatic nitrogens is 2. The van der Waals surface area contributed by atoms with Crippen LogP contribution in [0.2, 0.25) is 0 Å². The number of carbonyl (C=O) groups is 1. The Morgan fingerprint density at radius 2 is 2.10 bits per heavy atom. The number of rotatable bonds is 7. The van der Waals surface area contributed by atoms with Crippen molar-refractivity contribution in [1.82, 2.24) is 14.9 Å². The molecule has 1 aromatic heterocycles. The third kappa shape index (κ3) is 4.69. The molecule has 0 spiro atoms. The van der Waals surface area contributed by atoms with Gasteiger partial charge in [0.05, 0.1) is 37.6 Å². The molecule has 4 rings (SSSR count). The summed E-state index contributed by atoms with van der Waals surface area (Å²) in [6, 6.07) is 13.1. The minimum absolute atomic E-state index is 0.0442. The maximum Gasteiger partial charge on any atom is 0.260 e. The zero-order valence-electron chi connectivity index (χ0n) is 16.6. The molecule has 9 nitrogen and oxygen atoms in total. The zero-order valence-corrected chi connectivity index (χ0v) is 16.6. The van der Waals surface area contributed by atoms with Gasteiger partial charge in [-0.1, -0.05) is 12.1 Å². The standard InChI is InChI=1S/C21H23N5O4/c1-28-19-12-15(13-22-25-21-23-16-4-2-3-5-17(16)24-21)6-7-18(19)30-14-20(27)26-8-10-29-11-9-26/h2-7,12-13H,8-11,14H2,1H3,(H2,23,24,25)/b22-13+. The number of para-hydroxylation sites is 2. The first kappa shape index (κ1) is 19.7. The van der Waals surface area contributed by atoms with E-state index in [4.69, 9.17) is 14.2 Å². The van der Waals surface area contributed by atoms with Gasteiger partial charge in [-0.05, 0) is 35.9 Å². The summed E-state index contributed by atoms with van der Waals surface area (Å²) in [5.41, 5.74) is 5.49. The van der Waals surface area contributed by atoms with E-state index < -0.39 is 0 Å². The summed E-state index contributed by atoms with van der Waals surface area (Å²) in [6.45, 7) is 2.26. The Balaban J connectivity index is 1.36. The van der Waals surface area contributed by atoms with Crippen molar-refractivity contribution in [3.63, 3.8) is 0 Å². The summed E-state index contributed by atoms with van der Waals surface area (Å²) in [5.74, 6) is 1.51. The van der Waals surface area contributed by atoms with Gasteiger partial charge in [0.25, 0.3) is 5.91 Å². The average Bonchev–Trinajstić information content (AvgIpc) is 3.21. The van der Waals surface area contributed by atoms with Crippen LogP contribution in [0.1, 0.15) is 5.56 Å². The molecule has 2 heterocycles. The smallest absolute Gasteiger partial charge is 0.260 e. The number of morpholine rings is 1. The number of imidazole rings is 1. The second-order valence-corrected chi connectivity index (χ2v) is 6.66. The van der Waals surface area contributed by atoms with E-state index in [2.05, 4.69) is 20.5 Å². The van der Waals surface area contributed by atoms with E-state index >= 15 is 0 Å². The Labute approximate surface area is 173 Å². The van der Waals surface area contributed by atoms with Gasteiger partial charge in [0.1, 0.15) is 0 Å². The molecular formula is C21H23N5O4. The largest absolute Gasteiger partial charge is 0.493 e.